The van der Waals surface area contributed by atoms with Gasteiger partial charge in [0.1, 0.15) is 5.71 Å². The zero-order valence-electron chi connectivity index (χ0n) is 26.9. The Kier molecular flexibility index (Phi) is 10.6. The van der Waals surface area contributed by atoms with Crippen LogP contribution in [0.3, 0.4) is 0 Å². The lowest BCUT2D eigenvalue weighted by Crippen LogP contribution is -2.24. The van der Waals surface area contributed by atoms with E-state index in [0.717, 1.165) is 0 Å². The average molecular weight is 638 g/mol. The molecule has 0 radical (unpaired) electrons. The fourth-order valence-electron chi connectivity index (χ4n) is 4.58. The Morgan fingerprint density at radius 2 is 1.02 bits per heavy atom. The topological polar surface area (TPSA) is 166 Å². The van der Waals surface area contributed by atoms with Crippen molar-refractivity contribution in [3.05, 3.63) is 58.0 Å². The van der Waals surface area contributed by atoms with Crippen molar-refractivity contribution >= 4 is 11.4 Å². The number of aromatic amines is 1. The van der Waals surface area contributed by atoms with Crippen LogP contribution in [0.2, 0.25) is 0 Å². The van der Waals surface area contributed by atoms with E-state index in [1.807, 2.05) is 0 Å². The van der Waals surface area contributed by atoms with Crippen molar-refractivity contribution in [2.75, 3.05) is 69.4 Å². The molecule has 0 aliphatic carbocycles. The third kappa shape index (κ3) is 6.47. The molecule has 0 aliphatic rings. The van der Waals surface area contributed by atoms with Crippen LogP contribution in [-0.4, -0.2) is 84.9 Å². The van der Waals surface area contributed by atoms with Crippen molar-refractivity contribution in [2.45, 2.75) is 0 Å². The van der Waals surface area contributed by atoms with Crippen LogP contribution >= 0.6 is 0 Å². The summed E-state index contributed by atoms with van der Waals surface area (Å²) in [5.74, 6) is 3.44. The number of benzene rings is 3. The zero-order valence-corrected chi connectivity index (χ0v) is 26.9. The summed E-state index contributed by atoms with van der Waals surface area (Å²) in [7, 11) is 13.4. The Morgan fingerprint density at radius 1 is 0.609 bits per heavy atom. The molecule has 0 fully saturated rings. The molecule has 0 amide bonds. The van der Waals surface area contributed by atoms with Gasteiger partial charge in [-0.05, 0) is 24.3 Å². The number of H-pyrrole nitrogens is 1. The second-order valence-corrected chi connectivity index (χ2v) is 9.15. The standard InChI is InChI=1S/C31H35N5O10/c1-38-19-10-16(11-20(39-2)27(19)44-7)25(34-33-18-14-23(42-5)29(46-9)24(15-18)43-6)26-31(37)36-35-30(32-26)17-12-21(40-3)28(45-8)22(13-17)41-4/h10-15,33H,1-9H3,(H,36,37)/b34-25-. The highest BCUT2D eigenvalue weighted by Gasteiger charge is 2.23. The van der Waals surface area contributed by atoms with Gasteiger partial charge in [-0.25, -0.2) is 10.1 Å². The van der Waals surface area contributed by atoms with Gasteiger partial charge in [0, 0.05) is 23.3 Å². The lowest BCUT2D eigenvalue weighted by atomic mass is 10.1. The minimum absolute atomic E-state index is 0.0898. The number of hydrogen-bond donors (Lipinski definition) is 2. The summed E-state index contributed by atoms with van der Waals surface area (Å²) in [6, 6.07) is 9.90. The fraction of sp³-hybridized carbons (Fsp3) is 0.290. The Morgan fingerprint density at radius 3 is 1.43 bits per heavy atom. The van der Waals surface area contributed by atoms with Gasteiger partial charge in [-0.15, -0.1) is 0 Å². The minimum Gasteiger partial charge on any atom is -0.493 e. The Balaban J connectivity index is 1.97. The lowest BCUT2D eigenvalue weighted by molar-refractivity contribution is 0.324. The van der Waals surface area contributed by atoms with Gasteiger partial charge in [0.25, 0.3) is 5.56 Å². The molecule has 4 aromatic rings. The molecule has 15 heteroatoms. The number of nitrogens with one attached hydrogen (secondary N) is 2. The Bertz CT molecular complexity index is 1720. The first kappa shape index (κ1) is 33.0. The molecular weight excluding hydrogens is 602 g/mol. The molecular formula is C31H35N5O10. The molecule has 1 aromatic heterocycles. The zero-order chi connectivity index (χ0) is 33.4. The molecule has 15 nitrogen and oxygen atoms in total. The summed E-state index contributed by atoms with van der Waals surface area (Å²) in [6.45, 7) is 0. The van der Waals surface area contributed by atoms with Crippen LogP contribution in [0.5, 0.6) is 51.7 Å². The first-order valence-corrected chi connectivity index (χ1v) is 13.5. The third-order valence-corrected chi connectivity index (χ3v) is 6.74. The number of hydrogen-bond acceptors (Lipinski definition) is 14. The molecule has 1 heterocycles. The minimum atomic E-state index is -0.629. The molecule has 0 saturated carbocycles. The summed E-state index contributed by atoms with van der Waals surface area (Å²) >= 11 is 0. The quantitative estimate of drug-likeness (QED) is 0.152. The first-order valence-electron chi connectivity index (χ1n) is 13.5. The molecule has 0 bridgehead atoms. The van der Waals surface area contributed by atoms with E-state index in [9.17, 15) is 4.79 Å². The van der Waals surface area contributed by atoms with E-state index in [4.69, 9.17) is 42.6 Å². The van der Waals surface area contributed by atoms with Crippen molar-refractivity contribution in [1.29, 1.82) is 0 Å². The van der Waals surface area contributed by atoms with E-state index in [1.54, 1.807) is 36.4 Å². The molecule has 3 aromatic carbocycles. The summed E-state index contributed by atoms with van der Waals surface area (Å²) in [5.41, 5.74) is 3.67. The number of aromatic nitrogens is 3. The number of nitrogens with zero attached hydrogens (tertiary/aromatic N) is 3. The third-order valence-electron chi connectivity index (χ3n) is 6.74. The smallest absolute Gasteiger partial charge is 0.292 e. The SMILES string of the molecule is COc1cc(N/N=C(/c2cc(OC)c(OC)c(OC)c2)c2nc(-c3cc(OC)c(OC)c(OC)c3)n[nH]c2=O)cc(OC)c1OC. The highest BCUT2D eigenvalue weighted by Crippen LogP contribution is 2.42. The van der Waals surface area contributed by atoms with Crippen LogP contribution in [0.1, 0.15) is 11.3 Å². The van der Waals surface area contributed by atoms with Crippen molar-refractivity contribution < 1.29 is 42.6 Å². The number of methoxy groups -OCH3 is 9. The maximum atomic E-state index is 13.4. The molecule has 2 N–H and O–H groups in total. The highest BCUT2D eigenvalue weighted by atomic mass is 16.5. The summed E-state index contributed by atoms with van der Waals surface area (Å²) in [4.78, 5) is 18.0. The molecule has 0 spiro atoms. The summed E-state index contributed by atoms with van der Waals surface area (Å²) < 4.78 is 49.4. The van der Waals surface area contributed by atoms with Gasteiger partial charge in [-0.3, -0.25) is 10.2 Å². The average Bonchev–Trinajstić information content (AvgIpc) is 3.10. The molecule has 0 aliphatic heterocycles. The Hall–Kier alpha value is -5.86. The summed E-state index contributed by atoms with van der Waals surface area (Å²) in [5, 5.41) is 11.3. The van der Waals surface area contributed by atoms with E-state index < -0.39 is 5.56 Å². The number of anilines is 1. The van der Waals surface area contributed by atoms with Gasteiger partial charge in [0.15, 0.2) is 46.0 Å². The molecule has 0 saturated heterocycles. The second kappa shape index (κ2) is 14.7. The number of rotatable bonds is 14. The molecule has 0 unspecified atom stereocenters. The molecule has 0 atom stereocenters. The maximum Gasteiger partial charge on any atom is 0.292 e. The van der Waals surface area contributed by atoms with Gasteiger partial charge in [-0.1, -0.05) is 0 Å². The first-order chi connectivity index (χ1) is 22.3. The van der Waals surface area contributed by atoms with Crippen LogP contribution in [0.25, 0.3) is 11.4 Å². The Labute approximate surface area is 264 Å². The maximum absolute atomic E-state index is 13.4. The van der Waals surface area contributed by atoms with Gasteiger partial charge in [-0.2, -0.15) is 10.2 Å². The van der Waals surface area contributed by atoms with Crippen LogP contribution in [0, 0.1) is 0 Å². The highest BCUT2D eigenvalue weighted by molar-refractivity contribution is 6.12. The predicted octanol–water partition coefficient (Wildman–Crippen LogP) is 3.77. The van der Waals surface area contributed by atoms with E-state index >= 15 is 0 Å². The van der Waals surface area contributed by atoms with Crippen LogP contribution in [-0.2, 0) is 0 Å². The van der Waals surface area contributed by atoms with Gasteiger partial charge in [0.2, 0.25) is 17.2 Å². The van der Waals surface area contributed by atoms with Gasteiger partial charge in [0.05, 0.1) is 69.7 Å². The predicted molar refractivity (Wildman–Crippen MR) is 169 cm³/mol. The molecule has 4 rings (SSSR count). The van der Waals surface area contributed by atoms with E-state index in [1.165, 1.54) is 64.0 Å². The lowest BCUT2D eigenvalue weighted by Gasteiger charge is -2.16. The van der Waals surface area contributed by atoms with Crippen LogP contribution in [0.15, 0.2) is 46.3 Å². The van der Waals surface area contributed by atoms with E-state index in [-0.39, 0.29) is 17.2 Å². The normalized spacial score (nSPS) is 10.9. The van der Waals surface area contributed by atoms with Crippen molar-refractivity contribution in [1.82, 2.24) is 15.2 Å². The van der Waals surface area contributed by atoms with E-state index in [2.05, 4.69) is 25.7 Å². The van der Waals surface area contributed by atoms with Crippen molar-refractivity contribution in [3.63, 3.8) is 0 Å². The number of ether oxygens (including phenoxy) is 9. The largest absolute Gasteiger partial charge is 0.493 e. The molecule has 244 valence electrons. The summed E-state index contributed by atoms with van der Waals surface area (Å²) in [6.07, 6.45) is 0. The fourth-order valence-corrected chi connectivity index (χ4v) is 4.58. The van der Waals surface area contributed by atoms with E-state index in [0.29, 0.717) is 68.6 Å². The second-order valence-electron chi connectivity index (χ2n) is 9.15. The van der Waals surface area contributed by atoms with Crippen LogP contribution < -0.4 is 53.6 Å². The number of hydrazone groups is 1. The van der Waals surface area contributed by atoms with Gasteiger partial charge >= 0.3 is 0 Å². The molecule has 46 heavy (non-hydrogen) atoms. The van der Waals surface area contributed by atoms with Crippen LogP contribution in [0.4, 0.5) is 5.69 Å². The van der Waals surface area contributed by atoms with Crippen molar-refractivity contribution in [3.8, 4) is 63.1 Å². The van der Waals surface area contributed by atoms with Gasteiger partial charge < -0.3 is 42.6 Å². The monoisotopic (exact) mass is 637 g/mol. The van der Waals surface area contributed by atoms with Crippen molar-refractivity contribution in [2.24, 2.45) is 5.10 Å².